The fourth-order valence-corrected chi connectivity index (χ4v) is 21.1. The molecule has 0 amide bonds. The molecular weight excluding hydrogens is 1600 g/mol. The molecule has 5 nitrogen and oxygen atoms in total. The number of hydrogen-bond donors (Lipinski definition) is 0. The van der Waals surface area contributed by atoms with Crippen LogP contribution in [-0.4, -0.2) is 24.2 Å². The summed E-state index contributed by atoms with van der Waals surface area (Å²) in [5.41, 5.74) is 31.4. The first-order valence-corrected chi connectivity index (χ1v) is 55.4. The van der Waals surface area contributed by atoms with Gasteiger partial charge in [-0.3, -0.25) is 0 Å². The molecule has 5 aromatic heterocycles. The van der Waals surface area contributed by atoms with Crippen LogP contribution in [0.3, 0.4) is 0 Å². The van der Waals surface area contributed by atoms with Crippen LogP contribution in [-0.2, 0) is 48.0 Å². The Morgan fingerprint density at radius 1 is 0.250 bits per heavy atom. The van der Waals surface area contributed by atoms with Crippen LogP contribution in [0.1, 0.15) is 132 Å². The van der Waals surface area contributed by atoms with Gasteiger partial charge in [0.2, 0.25) is 28.5 Å². The summed E-state index contributed by atoms with van der Waals surface area (Å²) in [5, 5.41) is 4.04. The van der Waals surface area contributed by atoms with E-state index in [4.69, 9.17) is 17.8 Å². The summed E-state index contributed by atoms with van der Waals surface area (Å²) in [6, 6.07) is 89.9. The molecule has 5 heterocycles. The molecular formula is C120H146N5Si3+5. The Morgan fingerprint density at radius 3 is 0.961 bits per heavy atom. The molecule has 0 atom stereocenters. The molecule has 10 aromatic carbocycles. The van der Waals surface area contributed by atoms with E-state index in [1.54, 1.807) is 0 Å². The monoisotopic (exact) mass is 1750 g/mol. The molecule has 8 heteroatoms. The van der Waals surface area contributed by atoms with Gasteiger partial charge in [-0.05, 0) is 252 Å². The average molecular weight is 1760 g/mol. The van der Waals surface area contributed by atoms with Crippen LogP contribution < -0.4 is 38.4 Å². The average Bonchev–Trinajstić information content (AvgIpc) is 0.737. The lowest BCUT2D eigenvalue weighted by Gasteiger charge is -2.25. The second-order valence-electron chi connectivity index (χ2n) is 40.0. The molecule has 128 heavy (non-hydrogen) atoms. The predicted molar refractivity (Wildman–Crippen MR) is 560 cm³/mol. The molecule has 0 spiro atoms. The highest BCUT2D eigenvalue weighted by molar-refractivity contribution is 6.89. The Labute approximate surface area is 793 Å². The van der Waals surface area contributed by atoms with Gasteiger partial charge in [-0.25, -0.2) is 22.8 Å². The molecule has 0 bridgehead atoms. The smallest absolute Gasteiger partial charge is 0.201 e. The summed E-state index contributed by atoms with van der Waals surface area (Å²) in [4.78, 5) is 0. The van der Waals surface area contributed by atoms with Crippen molar-refractivity contribution in [3.8, 4) is 112 Å². The topological polar surface area (TPSA) is 19.4 Å². The minimum Gasteiger partial charge on any atom is -0.201 e. The Hall–Kier alpha value is -11.4. The second kappa shape index (κ2) is 40.9. The number of pyridine rings is 5. The lowest BCUT2D eigenvalue weighted by atomic mass is 9.86. The summed E-state index contributed by atoms with van der Waals surface area (Å²) in [6.45, 7) is 42.9. The van der Waals surface area contributed by atoms with Crippen molar-refractivity contribution in [3.63, 3.8) is 0 Å². The summed E-state index contributed by atoms with van der Waals surface area (Å²) in [6.07, 6.45) is 7.82. The number of aromatic nitrogens is 5. The van der Waals surface area contributed by atoms with Crippen molar-refractivity contribution < 1.29 is 40.7 Å². The van der Waals surface area contributed by atoms with Crippen LogP contribution >= 0.6 is 0 Å². The number of rotatable bonds is 15. The number of hydrogen-bond acceptors (Lipinski definition) is 0. The minimum absolute atomic E-state index is 0.398. The first-order valence-electron chi connectivity index (χ1n) is 51.4. The molecule has 0 saturated heterocycles. The van der Waals surface area contributed by atoms with E-state index in [-0.39, 0.29) is 0 Å². The van der Waals surface area contributed by atoms with Crippen LogP contribution in [0.15, 0.2) is 298 Å². The fourth-order valence-electron chi connectivity index (χ4n) is 16.6. The van der Waals surface area contributed by atoms with Gasteiger partial charge < -0.3 is 0 Å². The number of benzene rings is 10. The first kappa shape index (κ1) is 80.0. The summed E-state index contributed by atoms with van der Waals surface area (Å²) >= 11 is 0. The van der Waals surface area contributed by atoms with Crippen molar-refractivity contribution in [2.24, 2.45) is 46.1 Å². The van der Waals surface area contributed by atoms with E-state index in [2.05, 4.69) is 283 Å². The van der Waals surface area contributed by atoms with Crippen LogP contribution in [0.4, 0.5) is 0 Å². The quantitative estimate of drug-likeness (QED) is 0.0720. The predicted octanol–water partition coefficient (Wildman–Crippen LogP) is 27.4. The van der Waals surface area contributed by atoms with Gasteiger partial charge in [-0.1, -0.05) is 301 Å². The number of nitrogens with zero attached hydrogens (tertiary/aromatic N) is 5. The van der Waals surface area contributed by atoms with Gasteiger partial charge in [0.25, 0.3) is 0 Å². The maximum absolute atomic E-state index is 9.08. The molecule has 15 aromatic rings. The van der Waals surface area contributed by atoms with E-state index in [0.717, 1.165) is 117 Å². The molecule has 0 radical (unpaired) electrons. The van der Waals surface area contributed by atoms with E-state index >= 15 is 0 Å². The number of aryl methyl sites for hydroxylation is 16. The van der Waals surface area contributed by atoms with E-state index in [1.807, 2.05) is 229 Å². The minimum atomic E-state index is -2.16. The Bertz CT molecular complexity index is 7000. The third-order valence-corrected chi connectivity index (χ3v) is 29.8. The molecule has 0 saturated carbocycles. The Balaban J connectivity index is 0.000000169. The van der Waals surface area contributed by atoms with Crippen molar-refractivity contribution in [2.75, 3.05) is 0 Å². The normalized spacial score (nSPS) is 13.6. The SMILES string of the molecule is [2H]C([2H])([2H])c1cc(C)c(-c2cc(C)c([Si](C)(C)C)c[n+]2C)cc1-c1ccccc1.[2H]C([2H])([2H])c1cc(C)c(-c2cc(C)cc[n+]2C)cc1-c1ccccc1.[2H]C([2H])([2H])c1cc(C)c(-c2ccc([Si](C)(C)C)c[n+]2C)cc1-c1ccccc1.[2H]C([2H])(c1c[n+](C)c(-c2cc(-c3ccccc3)ccc2C)cc1C)C(C)(C)C.[2H]C([2H])(c1cc(-c2cc(-c3ccccc3)ccc2C)[n+](C)cc1[Si](C)(C)C)C(C)(C)C. The zero-order valence-corrected chi connectivity index (χ0v) is 84.5. The molecule has 0 aliphatic rings. The van der Waals surface area contributed by atoms with Crippen molar-refractivity contribution in [1.29, 1.82) is 0 Å². The summed E-state index contributed by atoms with van der Waals surface area (Å²) in [7, 11) is 5.66. The summed E-state index contributed by atoms with van der Waals surface area (Å²) in [5.74, 6) is 0. The zero-order valence-electron chi connectivity index (χ0n) is 94.5. The maximum atomic E-state index is 9.08. The van der Waals surface area contributed by atoms with Crippen molar-refractivity contribution in [2.45, 2.75) is 189 Å². The first-order chi connectivity index (χ1) is 65.4. The van der Waals surface area contributed by atoms with E-state index in [0.29, 0.717) is 16.7 Å². The lowest BCUT2D eigenvalue weighted by molar-refractivity contribution is -0.661. The Kier molecular flexibility index (Phi) is 25.6. The van der Waals surface area contributed by atoms with Crippen LogP contribution in [0.5, 0.6) is 0 Å². The van der Waals surface area contributed by atoms with Crippen molar-refractivity contribution >= 4 is 39.8 Å². The molecule has 0 fully saturated rings. The maximum Gasteiger partial charge on any atom is 0.212 e. The van der Waals surface area contributed by atoms with E-state index in [9.17, 15) is 0 Å². The van der Waals surface area contributed by atoms with Crippen molar-refractivity contribution in [1.82, 2.24) is 0 Å². The largest absolute Gasteiger partial charge is 0.212 e. The van der Waals surface area contributed by atoms with Crippen LogP contribution in [0, 0.1) is 86.8 Å². The van der Waals surface area contributed by atoms with Gasteiger partial charge in [0, 0.05) is 103 Å². The van der Waals surface area contributed by atoms with Gasteiger partial charge in [-0.15, -0.1) is 0 Å². The molecule has 0 aliphatic heterocycles. The van der Waals surface area contributed by atoms with Gasteiger partial charge in [0.05, 0.1) is 24.2 Å². The third kappa shape index (κ3) is 24.7. The highest BCUT2D eigenvalue weighted by atomic mass is 28.3. The third-order valence-electron chi connectivity index (χ3n) is 23.6. The van der Waals surface area contributed by atoms with Crippen LogP contribution in [0.25, 0.3) is 112 Å². The highest BCUT2D eigenvalue weighted by Crippen LogP contribution is 2.38. The second-order valence-corrected chi connectivity index (χ2v) is 55.1. The molecule has 0 aliphatic carbocycles. The standard InChI is InChI=1S/C27H36NSi.C25H30N.C24H30NSi.C23H28NSi.C21H22N/c1-20-14-15-22(21-12-10-9-11-13-21)16-24(20)25-17-23(18-27(2,3)4)26(19-28(25)5)29(6,7)8;1-18-12-13-21(20-10-8-7-9-11-20)15-23(18)24-14-19(2)22(17-26(24)6)16-25(3,4)5;1-17-13-18(2)22(15-21(17)20-11-9-8-10-12-20)23-14-19(3)24(16-25(23)4)26(5,6)7;1-17-14-18(2)22(15-21(17)19-10-8-7-9-11-19)23-13-12-20(16-24(23)3)25(4,5)6;1-15-10-11-22(4)21(12-15)20-14-19(16(2)13-17(20)3)18-8-6-5-7-9-18/h9-17,19H,18H2,1-8H3;7-15,17H,16H2,1-6H3;8-16H,1-7H3;7-16H,1-6H3;5-14H,1-4H3/q5*+1/i18D2;16D2;2*1D3;2D3. The molecule has 658 valence electrons. The summed E-state index contributed by atoms with van der Waals surface area (Å²) < 4.78 is 118. The van der Waals surface area contributed by atoms with E-state index in [1.165, 1.54) is 65.6 Å². The van der Waals surface area contributed by atoms with Gasteiger partial charge >= 0.3 is 0 Å². The zero-order chi connectivity index (χ0) is 104. The molecule has 15 rings (SSSR count). The highest BCUT2D eigenvalue weighted by Gasteiger charge is 2.31. The van der Waals surface area contributed by atoms with E-state index < -0.39 is 68.4 Å². The van der Waals surface area contributed by atoms with Crippen LogP contribution in [0.2, 0.25) is 58.9 Å². The van der Waals surface area contributed by atoms with Gasteiger partial charge in [-0.2, -0.15) is 0 Å². The molecule has 0 N–H and O–H groups in total. The van der Waals surface area contributed by atoms with Gasteiger partial charge in [0.15, 0.2) is 31.0 Å². The molecule has 0 unspecified atom stereocenters. The fraction of sp³-hybridized carbons (Fsp3) is 0.292. The van der Waals surface area contributed by atoms with Gasteiger partial charge in [0.1, 0.15) is 35.2 Å². The van der Waals surface area contributed by atoms with Crippen molar-refractivity contribution in [3.05, 3.63) is 370 Å². The Morgan fingerprint density at radius 2 is 0.586 bits per heavy atom. The lowest BCUT2D eigenvalue weighted by Crippen LogP contribution is -2.47.